The molecular weight excluding hydrogens is 306 g/mol. The number of hydrogen-bond acceptors (Lipinski definition) is 5. The van der Waals surface area contributed by atoms with Gasteiger partial charge >= 0.3 is 0 Å². The molecule has 8 heteroatoms. The van der Waals surface area contributed by atoms with Crippen LogP contribution >= 0.6 is 34.7 Å². The highest BCUT2D eigenvalue weighted by molar-refractivity contribution is 8.14. The molecule has 2 rings (SSSR count). The Kier molecular flexibility index (Phi) is 3.89. The molecule has 0 radical (unpaired) electrons. The number of thioether (sulfide) groups is 1. The van der Waals surface area contributed by atoms with Gasteiger partial charge in [0.05, 0.1) is 9.90 Å². The summed E-state index contributed by atoms with van der Waals surface area (Å²) in [5.74, 6) is -0.434. The second-order valence-electron chi connectivity index (χ2n) is 4.10. The number of rotatable bonds is 1. The fraction of sp³-hybridized carbons (Fsp3) is 0.364. The molecule has 1 aromatic heterocycles. The van der Waals surface area contributed by atoms with Gasteiger partial charge in [0, 0.05) is 13.8 Å². The average Bonchev–Trinajstić information content (AvgIpc) is 2.82. The molecule has 0 saturated heterocycles. The highest BCUT2D eigenvalue weighted by Crippen LogP contribution is 2.49. The molecule has 0 aromatic carbocycles. The third-order valence-electron chi connectivity index (χ3n) is 2.51. The number of hydrogen-bond donors (Lipinski definition) is 1. The van der Waals surface area contributed by atoms with Crippen molar-refractivity contribution in [3.8, 4) is 0 Å². The smallest absolute Gasteiger partial charge is 0.241 e. The van der Waals surface area contributed by atoms with Gasteiger partial charge in [-0.25, -0.2) is 5.01 Å². The van der Waals surface area contributed by atoms with E-state index in [9.17, 15) is 9.59 Å². The number of nitrogens with zero attached hydrogens (tertiary/aromatic N) is 2. The molecule has 1 aromatic rings. The molecule has 5 nitrogen and oxygen atoms in total. The second-order valence-corrected chi connectivity index (χ2v) is 6.81. The number of halogens is 1. The van der Waals surface area contributed by atoms with Crippen molar-refractivity contribution in [3.63, 3.8) is 0 Å². The van der Waals surface area contributed by atoms with Gasteiger partial charge < -0.3 is 5.32 Å². The van der Waals surface area contributed by atoms with Crippen LogP contribution in [0.4, 0.5) is 0 Å². The molecule has 0 bridgehead atoms. The molecule has 1 N–H and O–H groups in total. The van der Waals surface area contributed by atoms with Gasteiger partial charge in [0.25, 0.3) is 0 Å². The first-order chi connectivity index (χ1) is 8.84. The third-order valence-corrected chi connectivity index (χ3v) is 5.34. The highest BCUT2D eigenvalue weighted by atomic mass is 35.5. The Bertz CT molecular complexity index is 572. The first kappa shape index (κ1) is 14.4. The second kappa shape index (κ2) is 5.15. The van der Waals surface area contributed by atoms with Gasteiger partial charge in [-0.15, -0.1) is 16.4 Å². The van der Waals surface area contributed by atoms with E-state index < -0.39 is 4.87 Å². The van der Waals surface area contributed by atoms with Gasteiger partial charge in [-0.1, -0.05) is 23.4 Å². The largest absolute Gasteiger partial charge is 0.304 e. The first-order valence-corrected chi connectivity index (χ1v) is 7.51. The topological polar surface area (TPSA) is 61.8 Å². The summed E-state index contributed by atoms with van der Waals surface area (Å²) in [6.45, 7) is 4.69. The molecular formula is C11H12ClN3O2S2. The third kappa shape index (κ3) is 2.63. The quantitative estimate of drug-likeness (QED) is 0.866. The fourth-order valence-electron chi connectivity index (χ4n) is 1.78. The summed E-state index contributed by atoms with van der Waals surface area (Å²) >= 11 is 8.91. The van der Waals surface area contributed by atoms with Crippen LogP contribution in [0, 0.1) is 0 Å². The maximum atomic E-state index is 11.8. The van der Waals surface area contributed by atoms with Gasteiger partial charge in [-0.05, 0) is 18.4 Å². The van der Waals surface area contributed by atoms with Crippen molar-refractivity contribution in [2.75, 3.05) is 0 Å². The summed E-state index contributed by atoms with van der Waals surface area (Å²) in [5, 5.41) is 11.0. The van der Waals surface area contributed by atoms with Crippen LogP contribution in [0.1, 0.15) is 25.6 Å². The minimum Gasteiger partial charge on any atom is -0.304 e. The molecule has 19 heavy (non-hydrogen) atoms. The van der Waals surface area contributed by atoms with Crippen LogP contribution in [0.25, 0.3) is 0 Å². The monoisotopic (exact) mass is 317 g/mol. The lowest BCUT2D eigenvalue weighted by molar-refractivity contribution is -0.131. The van der Waals surface area contributed by atoms with Gasteiger partial charge in [0.2, 0.25) is 11.8 Å². The molecule has 1 atom stereocenters. The van der Waals surface area contributed by atoms with Crippen molar-refractivity contribution in [2.45, 2.75) is 25.6 Å². The number of thiophene rings is 1. The van der Waals surface area contributed by atoms with Crippen molar-refractivity contribution < 1.29 is 9.59 Å². The highest BCUT2D eigenvalue weighted by Gasteiger charge is 2.45. The summed E-state index contributed by atoms with van der Waals surface area (Å²) in [7, 11) is 0. The summed E-state index contributed by atoms with van der Waals surface area (Å²) in [4.78, 5) is 23.0. The molecule has 1 aliphatic rings. The van der Waals surface area contributed by atoms with Crippen molar-refractivity contribution in [1.29, 1.82) is 0 Å². The Morgan fingerprint density at radius 1 is 1.47 bits per heavy atom. The van der Waals surface area contributed by atoms with Crippen molar-refractivity contribution >= 4 is 51.7 Å². The molecule has 102 valence electrons. The number of carbonyl (C=O) groups is 2. The molecule has 1 unspecified atom stereocenters. The van der Waals surface area contributed by atoms with Crippen LogP contribution in [-0.4, -0.2) is 22.0 Å². The Balaban J connectivity index is 2.39. The van der Waals surface area contributed by atoms with Crippen LogP contribution in [-0.2, 0) is 14.5 Å². The van der Waals surface area contributed by atoms with E-state index in [1.165, 1.54) is 42.0 Å². The van der Waals surface area contributed by atoms with Gasteiger partial charge in [0.1, 0.15) is 0 Å². The average molecular weight is 318 g/mol. The lowest BCUT2D eigenvalue weighted by Gasteiger charge is -2.29. The van der Waals surface area contributed by atoms with Gasteiger partial charge in [-0.3, -0.25) is 9.59 Å². The van der Waals surface area contributed by atoms with Crippen LogP contribution in [0.15, 0.2) is 16.5 Å². The number of amidine groups is 1. The van der Waals surface area contributed by atoms with Crippen molar-refractivity contribution in [2.24, 2.45) is 5.10 Å². The van der Waals surface area contributed by atoms with E-state index in [2.05, 4.69) is 10.4 Å². The number of hydrazone groups is 1. The summed E-state index contributed by atoms with van der Waals surface area (Å²) in [5.41, 5.74) is 0. The fourth-order valence-corrected chi connectivity index (χ4v) is 4.54. The van der Waals surface area contributed by atoms with E-state index in [1.54, 1.807) is 6.07 Å². The zero-order valence-electron chi connectivity index (χ0n) is 10.6. The van der Waals surface area contributed by atoms with Crippen LogP contribution in [0.5, 0.6) is 0 Å². The summed E-state index contributed by atoms with van der Waals surface area (Å²) in [6, 6.07) is 1.78. The standard InChI is InChI=1S/C11H12ClN3O2S2/c1-6(16)13-10-14-15(7(2)17)11(3,19-10)9-8(12)4-5-18-9/h4-5H,1-3H3,(H,13,14,16). The number of amides is 2. The first-order valence-electron chi connectivity index (χ1n) is 5.44. The molecule has 2 amide bonds. The lowest BCUT2D eigenvalue weighted by atomic mass is 10.2. The predicted octanol–water partition coefficient (Wildman–Crippen LogP) is 2.58. The Morgan fingerprint density at radius 3 is 2.63 bits per heavy atom. The van der Waals surface area contributed by atoms with E-state index in [0.717, 1.165) is 4.88 Å². The summed E-state index contributed by atoms with van der Waals surface area (Å²) < 4.78 is 0. The Labute approximate surface area is 124 Å². The van der Waals surface area contributed by atoms with Crippen molar-refractivity contribution in [1.82, 2.24) is 10.3 Å². The van der Waals surface area contributed by atoms with Crippen LogP contribution in [0.3, 0.4) is 0 Å². The zero-order valence-corrected chi connectivity index (χ0v) is 12.9. The van der Waals surface area contributed by atoms with E-state index in [-0.39, 0.29) is 11.8 Å². The maximum Gasteiger partial charge on any atom is 0.241 e. The minimum absolute atomic E-state index is 0.209. The minimum atomic E-state index is -0.727. The molecule has 0 aliphatic carbocycles. The normalized spacial score (nSPS) is 22.3. The number of carbonyl (C=O) groups excluding carboxylic acids is 2. The molecule has 2 heterocycles. The molecule has 1 aliphatic heterocycles. The van der Waals surface area contributed by atoms with Crippen molar-refractivity contribution in [3.05, 3.63) is 21.3 Å². The maximum absolute atomic E-state index is 11.8. The number of nitrogens with one attached hydrogen (secondary N) is 1. The van der Waals surface area contributed by atoms with Gasteiger partial charge in [-0.2, -0.15) is 0 Å². The van der Waals surface area contributed by atoms with Gasteiger partial charge in [0.15, 0.2) is 10.0 Å². The van der Waals surface area contributed by atoms with E-state index in [4.69, 9.17) is 11.6 Å². The lowest BCUT2D eigenvalue weighted by Crippen LogP contribution is -2.37. The summed E-state index contributed by atoms with van der Waals surface area (Å²) in [6.07, 6.45) is 0. The predicted molar refractivity (Wildman–Crippen MR) is 78.0 cm³/mol. The molecule has 0 fully saturated rings. The van der Waals surface area contributed by atoms with E-state index in [0.29, 0.717) is 10.2 Å². The van der Waals surface area contributed by atoms with Crippen LogP contribution in [0.2, 0.25) is 5.02 Å². The van der Waals surface area contributed by atoms with E-state index >= 15 is 0 Å². The zero-order chi connectivity index (χ0) is 14.2. The van der Waals surface area contributed by atoms with E-state index in [1.807, 2.05) is 12.3 Å². The SMILES string of the molecule is CC(=O)NC1=NN(C(C)=O)C(C)(c2sccc2Cl)S1. The van der Waals surface area contributed by atoms with Crippen LogP contribution < -0.4 is 5.32 Å². The Morgan fingerprint density at radius 2 is 2.16 bits per heavy atom. The Hall–Kier alpha value is -1.05. The molecule has 0 saturated carbocycles. The molecule has 0 spiro atoms.